The lowest BCUT2D eigenvalue weighted by Crippen LogP contribution is -2.63. The molecule has 0 aromatic rings. The van der Waals surface area contributed by atoms with Crippen molar-refractivity contribution in [3.05, 3.63) is 0 Å². The molecule has 0 spiro atoms. The van der Waals surface area contributed by atoms with E-state index >= 15 is 0 Å². The quantitative estimate of drug-likeness (QED) is 0.557. The molecule has 0 unspecified atom stereocenters. The minimum Gasteiger partial charge on any atom is -0.379 e. The van der Waals surface area contributed by atoms with E-state index in [2.05, 4.69) is 49.8 Å². The summed E-state index contributed by atoms with van der Waals surface area (Å²) in [5.74, 6) is 0. The average Bonchev–Trinajstić information content (AvgIpc) is 2.04. The summed E-state index contributed by atoms with van der Waals surface area (Å²) in [4.78, 5) is 0. The smallest absolute Gasteiger partial charge is 0.290 e. The zero-order valence-electron chi connectivity index (χ0n) is 8.28. The standard InChI is InChI=1S/C6H15B3N3/c1-5(2)11-7-10-8-12(9-11)6(3)4/h5-6,10H,1-4H3. The van der Waals surface area contributed by atoms with Gasteiger partial charge < -0.3 is 14.6 Å². The second-order valence-electron chi connectivity index (χ2n) is 3.62. The lowest BCUT2D eigenvalue weighted by Gasteiger charge is -2.38. The van der Waals surface area contributed by atoms with E-state index in [1.807, 2.05) is 15.1 Å². The summed E-state index contributed by atoms with van der Waals surface area (Å²) in [5, 5.41) is 3.12. The third kappa shape index (κ3) is 2.54. The molecule has 3 radical (unpaired) electrons. The number of nitrogens with zero attached hydrogens (tertiary/aromatic N) is 2. The summed E-state index contributed by atoms with van der Waals surface area (Å²) in [7, 11) is 6.07. The van der Waals surface area contributed by atoms with Gasteiger partial charge >= 0.3 is 0 Å². The number of rotatable bonds is 2. The summed E-state index contributed by atoms with van der Waals surface area (Å²) in [6.45, 7) is 8.66. The number of hydrogen-bond donors (Lipinski definition) is 1. The highest BCUT2D eigenvalue weighted by molar-refractivity contribution is 6.65. The van der Waals surface area contributed by atoms with Crippen molar-refractivity contribution in [2.45, 2.75) is 39.8 Å². The van der Waals surface area contributed by atoms with Gasteiger partial charge in [-0.15, -0.1) is 0 Å². The monoisotopic (exact) mass is 162 g/mol. The van der Waals surface area contributed by atoms with Gasteiger partial charge in [-0.25, -0.2) is 0 Å². The van der Waals surface area contributed by atoms with Gasteiger partial charge in [-0.2, -0.15) is 0 Å². The Morgan fingerprint density at radius 2 is 1.33 bits per heavy atom. The molecule has 1 rings (SSSR count). The van der Waals surface area contributed by atoms with Crippen LogP contribution >= 0.6 is 0 Å². The molecule has 0 saturated carbocycles. The normalized spacial score (nSPS) is 20.5. The van der Waals surface area contributed by atoms with Gasteiger partial charge in [0.05, 0.1) is 0 Å². The SMILES string of the molecule is CC(C)N1[B]N[B]N(C(C)C)[B]1. The van der Waals surface area contributed by atoms with Gasteiger partial charge in [-0.3, -0.25) is 0 Å². The van der Waals surface area contributed by atoms with Crippen molar-refractivity contribution in [2.24, 2.45) is 0 Å². The maximum atomic E-state index is 3.12. The fourth-order valence-corrected chi connectivity index (χ4v) is 0.991. The first-order chi connectivity index (χ1) is 5.61. The lowest BCUT2D eigenvalue weighted by atomic mass is 9.75. The van der Waals surface area contributed by atoms with Crippen molar-refractivity contribution < 1.29 is 0 Å². The summed E-state index contributed by atoms with van der Waals surface area (Å²) in [6.07, 6.45) is 0. The van der Waals surface area contributed by atoms with Gasteiger partial charge in [0.2, 0.25) is 0 Å². The summed E-state index contributed by atoms with van der Waals surface area (Å²) >= 11 is 0. The first-order valence-corrected chi connectivity index (χ1v) is 4.44. The highest BCUT2D eigenvalue weighted by atomic mass is 15.2. The van der Waals surface area contributed by atoms with Crippen LogP contribution in [-0.4, -0.2) is 44.2 Å². The Balaban J connectivity index is 2.40. The van der Waals surface area contributed by atoms with E-state index in [0.717, 1.165) is 0 Å². The van der Waals surface area contributed by atoms with Gasteiger partial charge in [-0.1, -0.05) is 27.7 Å². The van der Waals surface area contributed by atoms with Crippen molar-refractivity contribution in [1.82, 2.24) is 14.6 Å². The molecule has 1 fully saturated rings. The average molecular weight is 162 g/mol. The molecule has 3 nitrogen and oxygen atoms in total. The maximum absolute atomic E-state index is 3.12. The summed E-state index contributed by atoms with van der Waals surface area (Å²) in [5.41, 5.74) is 0. The molecule has 0 aromatic carbocycles. The Morgan fingerprint density at radius 1 is 0.917 bits per heavy atom. The maximum Gasteiger partial charge on any atom is 0.290 e. The fraction of sp³-hybridized carbons (Fsp3) is 1.00. The number of hydrogen-bond acceptors (Lipinski definition) is 3. The van der Waals surface area contributed by atoms with Gasteiger partial charge in [0.15, 0.2) is 0 Å². The van der Waals surface area contributed by atoms with Crippen molar-refractivity contribution >= 4 is 22.6 Å². The number of nitrogens with one attached hydrogen (secondary N) is 1. The van der Waals surface area contributed by atoms with E-state index in [1.165, 1.54) is 0 Å². The van der Waals surface area contributed by atoms with Crippen LogP contribution < -0.4 is 5.14 Å². The van der Waals surface area contributed by atoms with Crippen molar-refractivity contribution in [3.63, 3.8) is 0 Å². The Kier molecular flexibility index (Phi) is 3.68. The van der Waals surface area contributed by atoms with Crippen LogP contribution in [-0.2, 0) is 0 Å². The van der Waals surface area contributed by atoms with Crippen LogP contribution in [0.3, 0.4) is 0 Å². The van der Waals surface area contributed by atoms with Crippen LogP contribution in [0.4, 0.5) is 0 Å². The van der Waals surface area contributed by atoms with E-state index in [9.17, 15) is 0 Å². The van der Waals surface area contributed by atoms with Gasteiger partial charge in [0, 0.05) is 0 Å². The molecule has 0 atom stereocenters. The van der Waals surface area contributed by atoms with Crippen molar-refractivity contribution in [1.29, 1.82) is 0 Å². The molecule has 1 aliphatic heterocycles. The van der Waals surface area contributed by atoms with Gasteiger partial charge in [-0.05, 0) is 12.1 Å². The molecule has 12 heavy (non-hydrogen) atoms. The van der Waals surface area contributed by atoms with Crippen LogP contribution in [0.15, 0.2) is 0 Å². The zero-order valence-corrected chi connectivity index (χ0v) is 8.28. The first-order valence-electron chi connectivity index (χ1n) is 4.44. The van der Waals surface area contributed by atoms with E-state index in [1.54, 1.807) is 0 Å². The van der Waals surface area contributed by atoms with E-state index in [-0.39, 0.29) is 0 Å². The molecular weight excluding hydrogens is 147 g/mol. The largest absolute Gasteiger partial charge is 0.379 e. The highest BCUT2D eigenvalue weighted by Gasteiger charge is 2.24. The molecule has 6 heteroatoms. The Labute approximate surface area is 77.7 Å². The molecule has 1 heterocycles. The van der Waals surface area contributed by atoms with E-state index in [0.29, 0.717) is 12.1 Å². The molecule has 0 amide bonds. The second kappa shape index (κ2) is 4.35. The van der Waals surface area contributed by atoms with Crippen molar-refractivity contribution in [2.75, 3.05) is 0 Å². The zero-order chi connectivity index (χ0) is 9.14. The fourth-order valence-electron chi connectivity index (χ4n) is 0.991. The molecule has 0 bridgehead atoms. The second-order valence-corrected chi connectivity index (χ2v) is 3.62. The van der Waals surface area contributed by atoms with Gasteiger partial charge in [0.25, 0.3) is 22.6 Å². The minimum atomic E-state index is 0.507. The molecule has 1 saturated heterocycles. The molecule has 0 aromatic heterocycles. The van der Waals surface area contributed by atoms with E-state index in [4.69, 9.17) is 0 Å². The predicted octanol–water partition coefficient (Wildman–Crippen LogP) is -0.387. The summed E-state index contributed by atoms with van der Waals surface area (Å²) in [6, 6.07) is 1.01. The lowest BCUT2D eigenvalue weighted by molar-refractivity contribution is 0.454. The minimum absolute atomic E-state index is 0.507. The Morgan fingerprint density at radius 3 is 1.67 bits per heavy atom. The Hall–Kier alpha value is 0.0748. The van der Waals surface area contributed by atoms with Crippen LogP contribution in [0, 0.1) is 0 Å². The van der Waals surface area contributed by atoms with Crippen LogP contribution in [0.5, 0.6) is 0 Å². The van der Waals surface area contributed by atoms with Crippen LogP contribution in [0.2, 0.25) is 0 Å². The summed E-state index contributed by atoms with van der Waals surface area (Å²) < 4.78 is 4.31. The Bertz CT molecular complexity index is 128. The third-order valence-corrected chi connectivity index (χ3v) is 1.91. The topological polar surface area (TPSA) is 18.5 Å². The molecular formula is C6H15B3N3. The molecule has 1 N–H and O–H groups in total. The first kappa shape index (κ1) is 10.2. The highest BCUT2D eigenvalue weighted by Crippen LogP contribution is 2.01. The molecule has 1 aliphatic rings. The van der Waals surface area contributed by atoms with E-state index < -0.39 is 0 Å². The third-order valence-electron chi connectivity index (χ3n) is 1.91. The van der Waals surface area contributed by atoms with Gasteiger partial charge in [0.1, 0.15) is 0 Å². The molecule has 63 valence electrons. The van der Waals surface area contributed by atoms with Crippen LogP contribution in [0.1, 0.15) is 27.7 Å². The molecule has 0 aliphatic carbocycles. The van der Waals surface area contributed by atoms with Crippen molar-refractivity contribution in [3.8, 4) is 0 Å². The van der Waals surface area contributed by atoms with Crippen LogP contribution in [0.25, 0.3) is 0 Å². The predicted molar refractivity (Wildman–Crippen MR) is 54.3 cm³/mol.